The van der Waals surface area contributed by atoms with E-state index < -0.39 is 23.9 Å². The van der Waals surface area contributed by atoms with Crippen LogP contribution in [-0.4, -0.2) is 54.3 Å². The van der Waals surface area contributed by atoms with Crippen molar-refractivity contribution in [2.75, 3.05) is 0 Å². The topological polar surface area (TPSA) is 203 Å². The number of rotatable bonds is 12. The summed E-state index contributed by atoms with van der Waals surface area (Å²) in [7, 11) is 0. The first kappa shape index (κ1) is 37.0. The fourth-order valence-electron chi connectivity index (χ4n) is 6.26. The van der Waals surface area contributed by atoms with Crippen molar-refractivity contribution in [3.63, 3.8) is 0 Å². The predicted octanol–water partition coefficient (Wildman–Crippen LogP) is 5.81. The van der Waals surface area contributed by atoms with Gasteiger partial charge in [-0.15, -0.1) is 22.1 Å². The number of nitrogens with zero attached hydrogens (tertiary/aromatic N) is 4. The van der Waals surface area contributed by atoms with Gasteiger partial charge in [0.1, 0.15) is 0 Å². The first-order valence-corrected chi connectivity index (χ1v) is 15.6. The Morgan fingerprint density at radius 3 is 1.14 bits per heavy atom. The number of aryl methyl sites for hydroxylation is 4. The summed E-state index contributed by atoms with van der Waals surface area (Å²) in [6, 6.07) is 7.14. The van der Waals surface area contributed by atoms with Crippen molar-refractivity contribution in [2.24, 2.45) is 0 Å². The average Bonchev–Trinajstić information content (AvgIpc) is 3.66. The van der Waals surface area contributed by atoms with Gasteiger partial charge in [-0.2, -0.15) is 0 Å². The van der Waals surface area contributed by atoms with Crippen LogP contribution < -0.4 is 9.97 Å². The van der Waals surface area contributed by atoms with Gasteiger partial charge < -0.3 is 30.4 Å². The summed E-state index contributed by atoms with van der Waals surface area (Å²) in [6.07, 6.45) is 0.401. The monoisotopic (exact) mass is 758 g/mol. The van der Waals surface area contributed by atoms with E-state index in [1.54, 1.807) is 24.3 Å². The van der Waals surface area contributed by atoms with E-state index in [0.29, 0.717) is 44.8 Å². The van der Waals surface area contributed by atoms with Crippen molar-refractivity contribution in [3.05, 3.63) is 69.3 Å². The zero-order valence-electron chi connectivity index (χ0n) is 27.5. The molecule has 0 aliphatic carbocycles. The van der Waals surface area contributed by atoms with Crippen molar-refractivity contribution in [1.29, 1.82) is 0 Å². The molecule has 0 unspecified atom stereocenters. The van der Waals surface area contributed by atoms with Crippen LogP contribution in [0.4, 0.5) is 0 Å². The Bertz CT molecular complexity index is 1960. The van der Waals surface area contributed by atoms with Crippen molar-refractivity contribution in [1.82, 2.24) is 19.9 Å². The number of aliphatic carboxylic acids is 4. The molecule has 0 amide bonds. The Morgan fingerprint density at radius 1 is 0.510 bits per heavy atom. The van der Waals surface area contributed by atoms with Crippen LogP contribution >= 0.6 is 0 Å². The van der Waals surface area contributed by atoms with Crippen LogP contribution in [0.25, 0.3) is 44.4 Å². The van der Waals surface area contributed by atoms with Crippen LogP contribution in [0, 0.1) is 13.8 Å². The second-order valence-electron chi connectivity index (χ2n) is 12.1. The molecule has 2 aliphatic heterocycles. The van der Waals surface area contributed by atoms with E-state index in [2.05, 4.69) is 0 Å². The third-order valence-corrected chi connectivity index (χ3v) is 9.00. The molecule has 0 atom stereocenters. The predicted molar refractivity (Wildman–Crippen MR) is 179 cm³/mol. The third kappa shape index (κ3) is 8.07. The molecule has 258 valence electrons. The molecule has 0 fully saturated rings. The second-order valence-corrected chi connectivity index (χ2v) is 12.1. The quantitative estimate of drug-likeness (QED) is 0.162. The molecule has 0 aromatic carbocycles. The molecule has 0 radical (unpaired) electrons. The number of carboxylic acid groups (broad SMARTS) is 4. The van der Waals surface area contributed by atoms with E-state index in [1.165, 1.54) is 0 Å². The smallest absolute Gasteiger partial charge is 0.657 e. The average molecular weight is 759 g/mol. The number of carbonyl (C=O) groups is 4. The van der Waals surface area contributed by atoms with E-state index in [0.717, 1.165) is 44.5 Å². The molecule has 5 heterocycles. The summed E-state index contributed by atoms with van der Waals surface area (Å²) < 4.78 is 0. The zero-order valence-corrected chi connectivity index (χ0v) is 29.0. The SMILES string of the molecule is CC1=C(CCC(=O)O)c2cc3[n-]c(cc4nc(cc5[n-]c(cc1n2)c(CCC(=O)O)c5C)C(CCC(=O)O)=C4C)c(CCC(=O)O)c3C.[Pd+2]. The van der Waals surface area contributed by atoms with Gasteiger partial charge in [-0.3, -0.25) is 19.2 Å². The molecule has 49 heavy (non-hydrogen) atoms. The van der Waals surface area contributed by atoms with Crippen LogP contribution in [0.1, 0.15) is 97.4 Å². The Hall–Kier alpha value is -4.86. The zero-order chi connectivity index (χ0) is 34.9. The van der Waals surface area contributed by atoms with Gasteiger partial charge in [0.05, 0.1) is 22.8 Å². The Kier molecular flexibility index (Phi) is 11.4. The van der Waals surface area contributed by atoms with E-state index in [-0.39, 0.29) is 71.8 Å². The molecule has 0 saturated carbocycles. The van der Waals surface area contributed by atoms with E-state index in [4.69, 9.17) is 19.9 Å². The Morgan fingerprint density at radius 2 is 0.816 bits per heavy atom. The van der Waals surface area contributed by atoms with Crippen LogP contribution in [-0.2, 0) is 52.4 Å². The molecule has 2 aliphatic rings. The van der Waals surface area contributed by atoms with Gasteiger partial charge in [0.25, 0.3) is 0 Å². The van der Waals surface area contributed by atoms with E-state index in [1.807, 2.05) is 27.7 Å². The summed E-state index contributed by atoms with van der Waals surface area (Å²) in [5, 5.41) is 37.9. The number of hydrogen-bond acceptors (Lipinski definition) is 6. The van der Waals surface area contributed by atoms with Crippen LogP contribution in [0.2, 0.25) is 0 Å². The van der Waals surface area contributed by atoms with Crippen molar-refractivity contribution < 1.29 is 60.0 Å². The maximum Gasteiger partial charge on any atom is 2.00 e. The summed E-state index contributed by atoms with van der Waals surface area (Å²) in [5.74, 6) is -3.82. The Labute approximate surface area is 295 Å². The van der Waals surface area contributed by atoms with Crippen LogP contribution in [0.3, 0.4) is 0 Å². The van der Waals surface area contributed by atoms with Crippen molar-refractivity contribution >= 4 is 68.2 Å². The third-order valence-electron chi connectivity index (χ3n) is 9.00. The number of allylic oxidation sites excluding steroid dienone is 4. The summed E-state index contributed by atoms with van der Waals surface area (Å²) in [6.45, 7) is 7.43. The molecule has 13 heteroatoms. The minimum absolute atomic E-state index is 0. The van der Waals surface area contributed by atoms with Crippen molar-refractivity contribution in [3.8, 4) is 0 Å². The van der Waals surface area contributed by atoms with Crippen LogP contribution in [0.15, 0.2) is 24.3 Å². The molecule has 12 nitrogen and oxygen atoms in total. The Balaban J connectivity index is 0.00000541. The van der Waals surface area contributed by atoms with Gasteiger partial charge in [-0.25, -0.2) is 9.97 Å². The fourth-order valence-corrected chi connectivity index (χ4v) is 6.26. The molecule has 3 aromatic heterocycles. The summed E-state index contributed by atoms with van der Waals surface area (Å²) in [5.41, 5.74) is 10.3. The van der Waals surface area contributed by atoms with Gasteiger partial charge in [0.15, 0.2) is 0 Å². The molecule has 4 N–H and O–H groups in total. The summed E-state index contributed by atoms with van der Waals surface area (Å²) >= 11 is 0. The standard InChI is InChI=1S/C36H38N4O8.Pd/c1-17-21(5-9-33(41)42)29-14-26-19(3)23(7-11-35(45)46)31(39-26)16-28-20(4)24(8-12-36(47)48)32(40-28)15-27-18(2)22(6-10-34(43)44)30(38-27)13-25(17)37-29;/h13-16H,5-12H2,1-4H3,(H6,37,38,39,40,41,42,43,44,45,46,47,48);/q;+2/p-2. The van der Waals surface area contributed by atoms with E-state index >= 15 is 0 Å². The number of hydrogen-bond donors (Lipinski definition) is 4. The second kappa shape index (κ2) is 15.1. The number of fused-ring (bicyclic) bond motifs is 8. The van der Waals surface area contributed by atoms with Gasteiger partial charge in [0, 0.05) is 25.7 Å². The molecule has 0 spiro atoms. The van der Waals surface area contributed by atoms with Crippen LogP contribution in [0.5, 0.6) is 0 Å². The van der Waals surface area contributed by atoms with Gasteiger partial charge in [-0.1, -0.05) is 46.5 Å². The molecule has 0 saturated heterocycles. The first-order valence-electron chi connectivity index (χ1n) is 15.6. The molecule has 5 rings (SSSR count). The molecular formula is C36H36N4O8Pd. The number of aromatic nitrogens is 4. The fraction of sp³-hybridized carbons (Fsp3) is 0.333. The van der Waals surface area contributed by atoms with E-state index in [9.17, 15) is 39.6 Å². The molecule has 3 aromatic rings. The maximum absolute atomic E-state index is 11.6. The largest absolute Gasteiger partial charge is 2.00 e. The van der Waals surface area contributed by atoms with Crippen molar-refractivity contribution in [2.45, 2.75) is 79.1 Å². The van der Waals surface area contributed by atoms with Gasteiger partial charge in [-0.05, 0) is 75.7 Å². The minimum atomic E-state index is -0.954. The molecular weight excluding hydrogens is 723 g/mol. The minimum Gasteiger partial charge on any atom is -0.657 e. The normalized spacial score (nSPS) is 12.7. The van der Waals surface area contributed by atoms with Gasteiger partial charge in [0.2, 0.25) is 0 Å². The number of carboxylic acids is 4. The summed E-state index contributed by atoms with van der Waals surface area (Å²) in [4.78, 5) is 65.9. The van der Waals surface area contributed by atoms with Gasteiger partial charge >= 0.3 is 44.3 Å². The molecule has 8 bridgehead atoms. The first-order chi connectivity index (χ1) is 22.7. The maximum atomic E-state index is 11.6.